The van der Waals surface area contributed by atoms with Crippen LogP contribution in [-0.2, 0) is 4.79 Å². The van der Waals surface area contributed by atoms with E-state index in [1.807, 2.05) is 17.5 Å². The first kappa shape index (κ1) is 11.2. The van der Waals surface area contributed by atoms with Gasteiger partial charge in [0, 0.05) is 4.88 Å². The van der Waals surface area contributed by atoms with Crippen molar-refractivity contribution >= 4 is 28.9 Å². The molecule has 2 unspecified atom stereocenters. The van der Waals surface area contributed by atoms with Crippen molar-refractivity contribution in [3.63, 3.8) is 0 Å². The molecule has 16 heavy (non-hydrogen) atoms. The quantitative estimate of drug-likeness (QED) is 0.874. The molecule has 3 nitrogen and oxygen atoms in total. The summed E-state index contributed by atoms with van der Waals surface area (Å²) in [5, 5.41) is 11.3. The van der Waals surface area contributed by atoms with Crippen LogP contribution in [0.25, 0.3) is 0 Å². The first-order valence-electron chi connectivity index (χ1n) is 4.75. The Hall–Kier alpha value is -1.25. The molecule has 1 aliphatic rings. The number of hydrogen-bond donors (Lipinski definition) is 1. The molecule has 0 spiro atoms. The van der Waals surface area contributed by atoms with Crippen LogP contribution in [0.3, 0.4) is 0 Å². The Morgan fingerprint density at radius 1 is 1.62 bits per heavy atom. The molecular formula is C11H10N2OS2. The standard InChI is InChI=1S/C11H10N2OS2/c1-6(14)10-9(8-3-2-4-15-8)7(5-12)11(13)16-10/h2-4,9-10H,13H2,1H3. The highest BCUT2D eigenvalue weighted by molar-refractivity contribution is 8.04. The van der Waals surface area contributed by atoms with Gasteiger partial charge in [-0.1, -0.05) is 17.8 Å². The maximum absolute atomic E-state index is 11.6. The fraction of sp³-hybridized carbons (Fsp3) is 0.273. The lowest BCUT2D eigenvalue weighted by Gasteiger charge is -2.14. The lowest BCUT2D eigenvalue weighted by molar-refractivity contribution is -0.116. The Kier molecular flexibility index (Phi) is 3.03. The van der Waals surface area contributed by atoms with E-state index in [4.69, 9.17) is 11.0 Å². The fourth-order valence-electron chi connectivity index (χ4n) is 1.77. The molecule has 0 aliphatic carbocycles. The molecule has 82 valence electrons. The molecule has 0 fully saturated rings. The van der Waals surface area contributed by atoms with Crippen molar-refractivity contribution in [2.75, 3.05) is 0 Å². The lowest BCUT2D eigenvalue weighted by Crippen LogP contribution is -2.19. The number of hydrogen-bond acceptors (Lipinski definition) is 5. The largest absolute Gasteiger partial charge is 0.393 e. The Morgan fingerprint density at radius 2 is 2.38 bits per heavy atom. The zero-order chi connectivity index (χ0) is 11.7. The van der Waals surface area contributed by atoms with Crippen molar-refractivity contribution in [3.05, 3.63) is 33.0 Å². The van der Waals surface area contributed by atoms with Crippen LogP contribution in [0.2, 0.25) is 0 Å². The van der Waals surface area contributed by atoms with E-state index in [2.05, 4.69) is 6.07 Å². The van der Waals surface area contributed by atoms with Crippen molar-refractivity contribution in [1.29, 1.82) is 5.26 Å². The SMILES string of the molecule is CC(=O)C1SC(N)=C(C#N)C1c1cccs1. The number of nitriles is 1. The summed E-state index contributed by atoms with van der Waals surface area (Å²) in [6.45, 7) is 1.55. The predicted octanol–water partition coefficient (Wildman–Crippen LogP) is 2.23. The number of nitrogens with two attached hydrogens (primary N) is 1. The van der Waals surface area contributed by atoms with Gasteiger partial charge in [-0.25, -0.2) is 0 Å². The van der Waals surface area contributed by atoms with Gasteiger partial charge in [-0.15, -0.1) is 11.3 Å². The topological polar surface area (TPSA) is 66.9 Å². The van der Waals surface area contributed by atoms with E-state index < -0.39 is 0 Å². The second-order valence-electron chi connectivity index (χ2n) is 3.53. The molecular weight excluding hydrogens is 240 g/mol. The third-order valence-electron chi connectivity index (χ3n) is 2.50. The number of thiophene rings is 1. The molecule has 0 saturated heterocycles. The minimum atomic E-state index is -0.242. The maximum Gasteiger partial charge on any atom is 0.144 e. The van der Waals surface area contributed by atoms with Crippen LogP contribution in [0.15, 0.2) is 28.1 Å². The van der Waals surface area contributed by atoms with Gasteiger partial charge in [0.05, 0.1) is 27.8 Å². The number of ketones is 1. The van der Waals surface area contributed by atoms with E-state index in [-0.39, 0.29) is 17.0 Å². The zero-order valence-electron chi connectivity index (χ0n) is 8.64. The smallest absolute Gasteiger partial charge is 0.144 e. The predicted molar refractivity (Wildman–Crippen MR) is 65.9 cm³/mol. The number of carbonyl (C=O) groups excluding carboxylic acids is 1. The van der Waals surface area contributed by atoms with Crippen LogP contribution in [0.1, 0.15) is 17.7 Å². The molecule has 1 aromatic heterocycles. The molecule has 5 heteroatoms. The molecule has 2 atom stereocenters. The van der Waals surface area contributed by atoms with E-state index in [1.54, 1.807) is 18.3 Å². The molecule has 2 N–H and O–H groups in total. The molecule has 1 aliphatic heterocycles. The number of carbonyl (C=O) groups is 1. The third kappa shape index (κ3) is 1.75. The van der Waals surface area contributed by atoms with Crippen LogP contribution in [0.4, 0.5) is 0 Å². The van der Waals surface area contributed by atoms with Gasteiger partial charge < -0.3 is 5.73 Å². The van der Waals surface area contributed by atoms with Crippen LogP contribution >= 0.6 is 23.1 Å². The van der Waals surface area contributed by atoms with Crippen LogP contribution in [0, 0.1) is 11.3 Å². The summed E-state index contributed by atoms with van der Waals surface area (Å²) >= 11 is 2.86. The average Bonchev–Trinajstić information content (AvgIpc) is 2.83. The summed E-state index contributed by atoms with van der Waals surface area (Å²) in [7, 11) is 0. The van der Waals surface area contributed by atoms with Gasteiger partial charge in [0.15, 0.2) is 0 Å². The van der Waals surface area contributed by atoms with Crippen molar-refractivity contribution in [2.24, 2.45) is 5.73 Å². The van der Waals surface area contributed by atoms with Gasteiger partial charge in [0.25, 0.3) is 0 Å². The van der Waals surface area contributed by atoms with Crippen LogP contribution in [0.5, 0.6) is 0 Å². The summed E-state index contributed by atoms with van der Waals surface area (Å²) in [5.41, 5.74) is 6.32. The minimum absolute atomic E-state index is 0.0663. The highest BCUT2D eigenvalue weighted by Gasteiger charge is 2.39. The van der Waals surface area contributed by atoms with Gasteiger partial charge in [0.2, 0.25) is 0 Å². The molecule has 2 rings (SSSR count). The molecule has 2 heterocycles. The second kappa shape index (κ2) is 4.32. The summed E-state index contributed by atoms with van der Waals surface area (Å²) in [4.78, 5) is 12.6. The fourth-order valence-corrected chi connectivity index (χ4v) is 3.89. The van der Waals surface area contributed by atoms with Crippen LogP contribution < -0.4 is 5.73 Å². The normalized spacial score (nSPS) is 24.5. The van der Waals surface area contributed by atoms with E-state index in [0.29, 0.717) is 10.6 Å². The van der Waals surface area contributed by atoms with Gasteiger partial charge in [0.1, 0.15) is 5.78 Å². The minimum Gasteiger partial charge on any atom is -0.393 e. The summed E-state index contributed by atoms with van der Waals surface area (Å²) < 4.78 is 0. The molecule has 0 bridgehead atoms. The van der Waals surface area contributed by atoms with Crippen molar-refractivity contribution in [3.8, 4) is 6.07 Å². The van der Waals surface area contributed by atoms with Crippen molar-refractivity contribution < 1.29 is 4.79 Å². The average molecular weight is 250 g/mol. The first-order chi connectivity index (χ1) is 7.65. The second-order valence-corrected chi connectivity index (χ2v) is 5.69. The molecule has 0 radical (unpaired) electrons. The first-order valence-corrected chi connectivity index (χ1v) is 6.51. The molecule has 0 amide bonds. The maximum atomic E-state index is 11.6. The highest BCUT2D eigenvalue weighted by atomic mass is 32.2. The lowest BCUT2D eigenvalue weighted by atomic mass is 9.93. The highest BCUT2D eigenvalue weighted by Crippen LogP contribution is 2.46. The summed E-state index contributed by atoms with van der Waals surface area (Å²) in [6, 6.07) is 5.99. The van der Waals surface area contributed by atoms with Crippen LogP contribution in [-0.4, -0.2) is 11.0 Å². The number of nitrogens with zero attached hydrogens (tertiary/aromatic N) is 1. The zero-order valence-corrected chi connectivity index (χ0v) is 10.3. The van der Waals surface area contributed by atoms with E-state index in [1.165, 1.54) is 11.8 Å². The van der Waals surface area contributed by atoms with Gasteiger partial charge in [-0.3, -0.25) is 4.79 Å². The summed E-state index contributed by atoms with van der Waals surface area (Å²) in [6.07, 6.45) is 0. The van der Waals surface area contributed by atoms with E-state index in [0.717, 1.165) is 4.88 Å². The van der Waals surface area contributed by atoms with Crippen molar-refractivity contribution in [2.45, 2.75) is 18.1 Å². The Balaban J connectivity index is 2.45. The molecule has 0 aromatic carbocycles. The number of rotatable bonds is 2. The van der Waals surface area contributed by atoms with Gasteiger partial charge in [-0.2, -0.15) is 5.26 Å². The number of allylic oxidation sites excluding steroid dienone is 1. The monoisotopic (exact) mass is 250 g/mol. The van der Waals surface area contributed by atoms with Gasteiger partial charge in [-0.05, 0) is 18.4 Å². The summed E-state index contributed by atoms with van der Waals surface area (Å²) in [5.74, 6) is -0.0934. The Bertz CT molecular complexity index is 485. The third-order valence-corrected chi connectivity index (χ3v) is 4.79. The van der Waals surface area contributed by atoms with E-state index >= 15 is 0 Å². The number of thioether (sulfide) groups is 1. The Labute approximate surface area is 102 Å². The Morgan fingerprint density at radius 3 is 2.88 bits per heavy atom. The molecule has 1 aromatic rings. The van der Waals surface area contributed by atoms with E-state index in [9.17, 15) is 4.79 Å². The van der Waals surface area contributed by atoms with Gasteiger partial charge >= 0.3 is 0 Å². The number of Topliss-reactive ketones (excluding diaryl/α,β-unsaturated/α-hetero) is 1. The molecule has 0 saturated carbocycles. The van der Waals surface area contributed by atoms with Crippen molar-refractivity contribution in [1.82, 2.24) is 0 Å².